The zero-order chi connectivity index (χ0) is 19.4. The van der Waals surface area contributed by atoms with E-state index in [1.165, 1.54) is 11.3 Å². The third-order valence-electron chi connectivity index (χ3n) is 4.11. The summed E-state index contributed by atoms with van der Waals surface area (Å²) in [5.41, 5.74) is 1.49. The zero-order valence-electron chi connectivity index (χ0n) is 15.1. The van der Waals surface area contributed by atoms with Gasteiger partial charge in [0.1, 0.15) is 10.6 Å². The summed E-state index contributed by atoms with van der Waals surface area (Å²) < 4.78 is 5.58. The van der Waals surface area contributed by atoms with Crippen LogP contribution in [0.25, 0.3) is 10.8 Å². The van der Waals surface area contributed by atoms with Crippen molar-refractivity contribution >= 4 is 23.2 Å². The van der Waals surface area contributed by atoms with Gasteiger partial charge in [-0.25, -0.2) is 4.98 Å². The Morgan fingerprint density at radius 1 is 1.19 bits per heavy atom. The number of hydrogen-bond acceptors (Lipinski definition) is 5. The van der Waals surface area contributed by atoms with Crippen LogP contribution >= 0.6 is 11.3 Å². The fraction of sp³-hybridized carbons (Fsp3) is 0.250. The molecule has 0 bridgehead atoms. The summed E-state index contributed by atoms with van der Waals surface area (Å²) in [4.78, 5) is 28.7. The van der Waals surface area contributed by atoms with Crippen LogP contribution < -0.4 is 5.32 Å². The SMILES string of the molecule is Cc1ccc(-c2nc(C)c(C(=O)NC(CCC(=O)O)c3ccccc3)s2)o1. The Bertz CT molecular complexity index is 946. The van der Waals surface area contributed by atoms with E-state index < -0.39 is 5.97 Å². The maximum absolute atomic E-state index is 12.8. The van der Waals surface area contributed by atoms with Crippen molar-refractivity contribution in [3.05, 3.63) is 64.4 Å². The fourth-order valence-corrected chi connectivity index (χ4v) is 3.69. The van der Waals surface area contributed by atoms with Crippen LogP contribution in [0.3, 0.4) is 0 Å². The number of furan rings is 1. The quantitative estimate of drug-likeness (QED) is 0.631. The Labute approximate surface area is 160 Å². The maximum Gasteiger partial charge on any atom is 0.303 e. The molecule has 6 nitrogen and oxygen atoms in total. The van der Waals surface area contributed by atoms with Gasteiger partial charge in [0.2, 0.25) is 0 Å². The number of aromatic nitrogens is 1. The van der Waals surface area contributed by atoms with Crippen molar-refractivity contribution < 1.29 is 19.1 Å². The smallest absolute Gasteiger partial charge is 0.303 e. The minimum atomic E-state index is -0.894. The lowest BCUT2D eigenvalue weighted by molar-refractivity contribution is -0.137. The average molecular weight is 384 g/mol. The van der Waals surface area contributed by atoms with E-state index in [4.69, 9.17) is 9.52 Å². The number of thiazole rings is 1. The number of carbonyl (C=O) groups is 2. The van der Waals surface area contributed by atoms with Gasteiger partial charge in [0, 0.05) is 6.42 Å². The van der Waals surface area contributed by atoms with Crippen molar-refractivity contribution in [2.24, 2.45) is 0 Å². The number of carboxylic acid groups (broad SMARTS) is 1. The standard InChI is InChI=1S/C20H20N2O4S/c1-12-8-10-16(26-12)20-21-13(2)18(27-20)19(25)22-15(9-11-17(23)24)14-6-4-3-5-7-14/h3-8,10,15H,9,11H2,1-2H3,(H,22,25)(H,23,24). The molecule has 0 aliphatic rings. The highest BCUT2D eigenvalue weighted by Crippen LogP contribution is 2.30. The third kappa shape index (κ3) is 4.62. The number of hydrogen-bond donors (Lipinski definition) is 2. The van der Waals surface area contributed by atoms with Gasteiger partial charge in [0.15, 0.2) is 10.8 Å². The second kappa shape index (κ2) is 8.18. The predicted molar refractivity (Wildman–Crippen MR) is 103 cm³/mol. The monoisotopic (exact) mass is 384 g/mol. The molecule has 27 heavy (non-hydrogen) atoms. The van der Waals surface area contributed by atoms with Crippen molar-refractivity contribution in [2.75, 3.05) is 0 Å². The van der Waals surface area contributed by atoms with Gasteiger partial charge in [0.25, 0.3) is 5.91 Å². The molecule has 1 aromatic carbocycles. The van der Waals surface area contributed by atoms with Crippen molar-refractivity contribution in [1.82, 2.24) is 10.3 Å². The Balaban J connectivity index is 1.81. The molecule has 2 N–H and O–H groups in total. The third-order valence-corrected chi connectivity index (χ3v) is 5.28. The van der Waals surface area contributed by atoms with E-state index in [9.17, 15) is 9.59 Å². The molecule has 1 atom stereocenters. The Morgan fingerprint density at radius 3 is 2.56 bits per heavy atom. The number of amides is 1. The minimum Gasteiger partial charge on any atom is -0.481 e. The van der Waals surface area contributed by atoms with Gasteiger partial charge < -0.3 is 14.8 Å². The average Bonchev–Trinajstić information content (AvgIpc) is 3.24. The molecule has 0 spiro atoms. The topological polar surface area (TPSA) is 92.4 Å². The number of aryl methyl sites for hydroxylation is 2. The molecule has 2 heterocycles. The molecular weight excluding hydrogens is 364 g/mol. The second-order valence-corrected chi connectivity index (χ2v) is 7.21. The molecule has 0 aliphatic carbocycles. The van der Waals surface area contributed by atoms with Crippen LogP contribution in [0.5, 0.6) is 0 Å². The number of carboxylic acids is 1. The van der Waals surface area contributed by atoms with E-state index in [2.05, 4.69) is 10.3 Å². The first-order valence-electron chi connectivity index (χ1n) is 8.56. The first-order valence-corrected chi connectivity index (χ1v) is 9.37. The van der Waals surface area contributed by atoms with Crippen LogP contribution in [-0.4, -0.2) is 22.0 Å². The summed E-state index contributed by atoms with van der Waals surface area (Å²) in [5, 5.41) is 12.6. The summed E-state index contributed by atoms with van der Waals surface area (Å²) >= 11 is 1.26. The highest BCUT2D eigenvalue weighted by Gasteiger charge is 2.22. The molecule has 3 aromatic rings. The molecule has 1 unspecified atom stereocenters. The zero-order valence-corrected chi connectivity index (χ0v) is 15.9. The first-order chi connectivity index (χ1) is 12.9. The van der Waals surface area contributed by atoms with Crippen molar-refractivity contribution in [3.63, 3.8) is 0 Å². The summed E-state index contributed by atoms with van der Waals surface area (Å²) in [7, 11) is 0. The minimum absolute atomic E-state index is 0.0293. The van der Waals surface area contributed by atoms with Gasteiger partial charge in [-0.05, 0) is 38.0 Å². The number of aliphatic carboxylic acids is 1. The van der Waals surface area contributed by atoms with Crippen LogP contribution in [0.4, 0.5) is 0 Å². The normalized spacial score (nSPS) is 11.9. The van der Waals surface area contributed by atoms with Gasteiger partial charge in [-0.1, -0.05) is 30.3 Å². The molecule has 0 radical (unpaired) electrons. The predicted octanol–water partition coefficient (Wildman–Crippen LogP) is 4.36. The Hall–Kier alpha value is -2.93. The van der Waals surface area contributed by atoms with Crippen LogP contribution in [0.2, 0.25) is 0 Å². The van der Waals surface area contributed by atoms with Crippen LogP contribution in [0.15, 0.2) is 46.9 Å². The number of rotatable bonds is 7. The van der Waals surface area contributed by atoms with E-state index in [-0.39, 0.29) is 18.4 Å². The number of carbonyl (C=O) groups excluding carboxylic acids is 1. The van der Waals surface area contributed by atoms with E-state index in [1.807, 2.05) is 49.4 Å². The lowest BCUT2D eigenvalue weighted by Crippen LogP contribution is -2.29. The summed E-state index contributed by atoms with van der Waals surface area (Å²) in [6, 6.07) is 12.7. The van der Waals surface area contributed by atoms with Gasteiger partial charge >= 0.3 is 5.97 Å². The molecule has 7 heteroatoms. The summed E-state index contributed by atoms with van der Waals surface area (Å²) in [6.07, 6.45) is 0.283. The van der Waals surface area contributed by atoms with E-state index in [0.29, 0.717) is 27.8 Å². The fourth-order valence-electron chi connectivity index (χ4n) is 2.76. The largest absolute Gasteiger partial charge is 0.481 e. The molecule has 0 aliphatic heterocycles. The molecule has 0 saturated carbocycles. The molecule has 0 fully saturated rings. The molecule has 3 rings (SSSR count). The van der Waals surface area contributed by atoms with Crippen molar-refractivity contribution in [1.29, 1.82) is 0 Å². The van der Waals surface area contributed by atoms with Crippen LogP contribution in [-0.2, 0) is 4.79 Å². The molecule has 140 valence electrons. The van der Waals surface area contributed by atoms with Gasteiger partial charge in [-0.15, -0.1) is 11.3 Å². The van der Waals surface area contributed by atoms with E-state index in [0.717, 1.165) is 11.3 Å². The maximum atomic E-state index is 12.8. The van der Waals surface area contributed by atoms with Gasteiger partial charge in [-0.3, -0.25) is 9.59 Å². The summed E-state index contributed by atoms with van der Waals surface area (Å²) in [6.45, 7) is 3.63. The van der Waals surface area contributed by atoms with Crippen molar-refractivity contribution in [3.8, 4) is 10.8 Å². The van der Waals surface area contributed by atoms with Gasteiger partial charge in [0.05, 0.1) is 11.7 Å². The Morgan fingerprint density at radius 2 is 1.93 bits per heavy atom. The highest BCUT2D eigenvalue weighted by molar-refractivity contribution is 7.17. The number of benzene rings is 1. The second-order valence-electron chi connectivity index (χ2n) is 6.21. The van der Waals surface area contributed by atoms with Crippen molar-refractivity contribution in [2.45, 2.75) is 32.7 Å². The lowest BCUT2D eigenvalue weighted by atomic mass is 10.0. The highest BCUT2D eigenvalue weighted by atomic mass is 32.1. The molecular formula is C20H20N2O4S. The van der Waals surface area contributed by atoms with E-state index >= 15 is 0 Å². The lowest BCUT2D eigenvalue weighted by Gasteiger charge is -2.18. The molecule has 1 amide bonds. The number of nitrogens with zero attached hydrogens (tertiary/aromatic N) is 1. The van der Waals surface area contributed by atoms with Crippen LogP contribution in [0, 0.1) is 13.8 Å². The van der Waals surface area contributed by atoms with Gasteiger partial charge in [-0.2, -0.15) is 0 Å². The van der Waals surface area contributed by atoms with Crippen LogP contribution in [0.1, 0.15) is 45.6 Å². The van der Waals surface area contributed by atoms with E-state index in [1.54, 1.807) is 6.92 Å². The summed E-state index contributed by atoms with van der Waals surface area (Å²) in [5.74, 6) is 0.250. The molecule has 2 aromatic heterocycles. The number of nitrogens with one attached hydrogen (secondary N) is 1. The first kappa shape index (κ1) is 18.8. The molecule has 0 saturated heterocycles. The Kier molecular flexibility index (Phi) is 5.71.